The Labute approximate surface area is 123 Å². The molecule has 0 aliphatic heterocycles. The molecule has 0 saturated heterocycles. The molecular formula is C17H17ClFN. The number of rotatable bonds is 4. The molecule has 3 heteroatoms. The maximum Gasteiger partial charge on any atom is 0.123 e. The second kappa shape index (κ2) is 5.94. The molecule has 20 heavy (non-hydrogen) atoms. The molecule has 0 saturated carbocycles. The summed E-state index contributed by atoms with van der Waals surface area (Å²) in [5.74, 6) is -0.176. The van der Waals surface area contributed by atoms with Gasteiger partial charge in [0, 0.05) is 11.1 Å². The molecule has 2 aromatic carbocycles. The van der Waals surface area contributed by atoms with E-state index in [4.69, 9.17) is 11.6 Å². The molecular weight excluding hydrogens is 273 g/mol. The van der Waals surface area contributed by atoms with Crippen LogP contribution in [-0.2, 0) is 19.3 Å². The van der Waals surface area contributed by atoms with E-state index in [2.05, 4.69) is 17.4 Å². The Morgan fingerprint density at radius 2 is 1.80 bits per heavy atom. The molecule has 104 valence electrons. The van der Waals surface area contributed by atoms with Crippen molar-refractivity contribution >= 4 is 11.6 Å². The van der Waals surface area contributed by atoms with Crippen molar-refractivity contribution in [1.29, 1.82) is 0 Å². The van der Waals surface area contributed by atoms with Crippen LogP contribution in [0.5, 0.6) is 0 Å². The van der Waals surface area contributed by atoms with E-state index in [0.717, 1.165) is 36.4 Å². The fraction of sp³-hybridized carbons (Fsp3) is 0.294. The average Bonchev–Trinajstić information content (AvgIpc) is 2.83. The van der Waals surface area contributed by atoms with Crippen LogP contribution >= 0.6 is 11.6 Å². The summed E-state index contributed by atoms with van der Waals surface area (Å²) in [4.78, 5) is 0. The van der Waals surface area contributed by atoms with E-state index < -0.39 is 0 Å². The highest BCUT2D eigenvalue weighted by Gasteiger charge is 2.20. The van der Waals surface area contributed by atoms with Gasteiger partial charge in [-0.3, -0.25) is 0 Å². The zero-order chi connectivity index (χ0) is 13.9. The zero-order valence-electron chi connectivity index (χ0n) is 11.2. The van der Waals surface area contributed by atoms with E-state index in [9.17, 15) is 4.39 Å². The van der Waals surface area contributed by atoms with Gasteiger partial charge in [-0.05, 0) is 66.8 Å². The molecule has 1 atom stereocenters. The summed E-state index contributed by atoms with van der Waals surface area (Å²) in [6.45, 7) is 0.915. The van der Waals surface area contributed by atoms with Gasteiger partial charge in [-0.25, -0.2) is 4.39 Å². The third-order valence-corrected chi connectivity index (χ3v) is 4.10. The summed E-state index contributed by atoms with van der Waals surface area (Å²) in [7, 11) is 0. The van der Waals surface area contributed by atoms with Crippen molar-refractivity contribution in [2.24, 2.45) is 0 Å². The lowest BCUT2D eigenvalue weighted by molar-refractivity contribution is 0.536. The highest BCUT2D eigenvalue weighted by atomic mass is 35.5. The minimum atomic E-state index is -0.176. The quantitative estimate of drug-likeness (QED) is 0.903. The molecule has 1 N–H and O–H groups in total. The lowest BCUT2D eigenvalue weighted by Crippen LogP contribution is -2.31. The average molecular weight is 290 g/mol. The predicted octanol–water partition coefficient (Wildman–Crippen LogP) is 3.78. The van der Waals surface area contributed by atoms with Crippen LogP contribution in [0.2, 0.25) is 5.02 Å². The molecule has 0 heterocycles. The highest BCUT2D eigenvalue weighted by molar-refractivity contribution is 6.30. The lowest BCUT2D eigenvalue weighted by Gasteiger charge is -2.11. The van der Waals surface area contributed by atoms with E-state index in [-0.39, 0.29) is 5.82 Å². The summed E-state index contributed by atoms with van der Waals surface area (Å²) >= 11 is 6.02. The molecule has 1 unspecified atom stereocenters. The largest absolute Gasteiger partial charge is 0.313 e. The van der Waals surface area contributed by atoms with Crippen LogP contribution in [0.1, 0.15) is 16.7 Å². The third kappa shape index (κ3) is 3.20. The Bertz CT molecular complexity index is 594. The van der Waals surface area contributed by atoms with Crippen LogP contribution in [-0.4, -0.2) is 12.6 Å². The van der Waals surface area contributed by atoms with Crippen molar-refractivity contribution in [3.8, 4) is 0 Å². The Hall–Kier alpha value is -1.38. The van der Waals surface area contributed by atoms with E-state index in [1.54, 1.807) is 0 Å². The first-order valence-corrected chi connectivity index (χ1v) is 7.33. The maximum atomic E-state index is 12.8. The van der Waals surface area contributed by atoms with Crippen LogP contribution in [0.15, 0.2) is 42.5 Å². The maximum absolute atomic E-state index is 12.8. The molecule has 0 radical (unpaired) electrons. The smallest absolute Gasteiger partial charge is 0.123 e. The summed E-state index contributed by atoms with van der Waals surface area (Å²) in [6.07, 6.45) is 3.03. The number of nitrogens with one attached hydrogen (secondary N) is 1. The Morgan fingerprint density at radius 1 is 1.05 bits per heavy atom. The fourth-order valence-corrected chi connectivity index (χ4v) is 3.00. The normalized spacial score (nSPS) is 17.2. The number of fused-ring (bicyclic) bond motifs is 1. The molecule has 0 bridgehead atoms. The van der Waals surface area contributed by atoms with Gasteiger partial charge in [0.05, 0.1) is 0 Å². The molecule has 1 nitrogen and oxygen atoms in total. The molecule has 2 aromatic rings. The molecule has 0 fully saturated rings. The Balaban J connectivity index is 1.50. The van der Waals surface area contributed by atoms with Gasteiger partial charge in [-0.2, -0.15) is 0 Å². The number of benzene rings is 2. The first kappa shape index (κ1) is 13.6. The minimum Gasteiger partial charge on any atom is -0.313 e. The van der Waals surface area contributed by atoms with Crippen LogP contribution in [0, 0.1) is 5.82 Å². The van der Waals surface area contributed by atoms with Crippen LogP contribution in [0.3, 0.4) is 0 Å². The SMILES string of the molecule is Fc1ccc(CCNC2Cc3ccc(Cl)cc3C2)cc1. The standard InChI is InChI=1S/C17H17ClFN/c18-15-4-3-13-10-17(11-14(13)9-15)20-8-7-12-1-5-16(19)6-2-12/h1-6,9,17,20H,7-8,10-11H2. The summed E-state index contributed by atoms with van der Waals surface area (Å²) in [6, 6.07) is 13.4. The first-order valence-electron chi connectivity index (χ1n) is 6.96. The predicted molar refractivity (Wildman–Crippen MR) is 80.8 cm³/mol. The van der Waals surface area contributed by atoms with Crippen molar-refractivity contribution in [3.63, 3.8) is 0 Å². The van der Waals surface area contributed by atoms with Gasteiger partial charge in [0.25, 0.3) is 0 Å². The van der Waals surface area contributed by atoms with Crippen LogP contribution in [0.25, 0.3) is 0 Å². The molecule has 1 aliphatic carbocycles. The van der Waals surface area contributed by atoms with Crippen molar-refractivity contribution in [2.75, 3.05) is 6.54 Å². The van der Waals surface area contributed by atoms with Crippen LogP contribution < -0.4 is 5.32 Å². The molecule has 0 spiro atoms. The first-order chi connectivity index (χ1) is 9.70. The number of hydrogen-bond donors (Lipinski definition) is 1. The Kier molecular flexibility index (Phi) is 4.04. The number of hydrogen-bond acceptors (Lipinski definition) is 1. The van der Waals surface area contributed by atoms with Gasteiger partial charge in [0.2, 0.25) is 0 Å². The summed E-state index contributed by atoms with van der Waals surface area (Å²) in [5, 5.41) is 4.39. The highest BCUT2D eigenvalue weighted by Crippen LogP contribution is 2.25. The zero-order valence-corrected chi connectivity index (χ0v) is 12.0. The number of halogens is 2. The van der Waals surface area contributed by atoms with E-state index >= 15 is 0 Å². The van der Waals surface area contributed by atoms with Crippen LogP contribution in [0.4, 0.5) is 4.39 Å². The van der Waals surface area contributed by atoms with Gasteiger partial charge < -0.3 is 5.32 Å². The molecule has 0 amide bonds. The summed E-state index contributed by atoms with van der Waals surface area (Å²) in [5.41, 5.74) is 3.92. The topological polar surface area (TPSA) is 12.0 Å². The van der Waals surface area contributed by atoms with E-state index in [1.807, 2.05) is 18.2 Å². The second-order valence-corrected chi connectivity index (χ2v) is 5.79. The van der Waals surface area contributed by atoms with E-state index in [1.165, 1.54) is 23.3 Å². The molecule has 0 aromatic heterocycles. The van der Waals surface area contributed by atoms with Crippen molar-refractivity contribution in [2.45, 2.75) is 25.3 Å². The van der Waals surface area contributed by atoms with E-state index in [0.29, 0.717) is 6.04 Å². The second-order valence-electron chi connectivity index (χ2n) is 5.35. The van der Waals surface area contributed by atoms with Gasteiger partial charge >= 0.3 is 0 Å². The summed E-state index contributed by atoms with van der Waals surface area (Å²) < 4.78 is 12.8. The van der Waals surface area contributed by atoms with Gasteiger partial charge in [0.1, 0.15) is 5.82 Å². The molecule has 3 rings (SSSR count). The van der Waals surface area contributed by atoms with Crippen molar-refractivity contribution < 1.29 is 4.39 Å². The van der Waals surface area contributed by atoms with Crippen molar-refractivity contribution in [1.82, 2.24) is 5.32 Å². The lowest BCUT2D eigenvalue weighted by atomic mass is 10.1. The van der Waals surface area contributed by atoms with Gasteiger partial charge in [-0.15, -0.1) is 0 Å². The third-order valence-electron chi connectivity index (χ3n) is 3.86. The monoisotopic (exact) mass is 289 g/mol. The fourth-order valence-electron chi connectivity index (χ4n) is 2.80. The van der Waals surface area contributed by atoms with Gasteiger partial charge in [-0.1, -0.05) is 29.8 Å². The van der Waals surface area contributed by atoms with Crippen molar-refractivity contribution in [3.05, 3.63) is 70.0 Å². The minimum absolute atomic E-state index is 0.176. The van der Waals surface area contributed by atoms with Gasteiger partial charge in [0.15, 0.2) is 0 Å². The Morgan fingerprint density at radius 3 is 2.60 bits per heavy atom. The molecule has 1 aliphatic rings.